The predicted molar refractivity (Wildman–Crippen MR) is 65.1 cm³/mol. The monoisotopic (exact) mass is 289 g/mol. The molecule has 0 spiro atoms. The van der Waals surface area contributed by atoms with Crippen molar-refractivity contribution in [1.29, 1.82) is 0 Å². The second-order valence-electron chi connectivity index (χ2n) is 3.83. The largest absolute Gasteiger partial charge is 0.377 e. The molecule has 1 N–H and O–H groups in total. The van der Waals surface area contributed by atoms with Crippen molar-refractivity contribution >= 4 is 17.3 Å². The maximum absolute atomic E-state index is 13.4. The average molecular weight is 290 g/mol. The minimum Gasteiger partial charge on any atom is -0.377 e. The van der Waals surface area contributed by atoms with Gasteiger partial charge in [-0.05, 0) is 24.3 Å². The zero-order valence-corrected chi connectivity index (χ0v) is 10.2. The van der Waals surface area contributed by atoms with E-state index in [2.05, 4.69) is 5.32 Å². The first-order chi connectivity index (χ1) is 8.97. The van der Waals surface area contributed by atoms with Gasteiger partial charge in [0.25, 0.3) is 0 Å². The quantitative estimate of drug-likeness (QED) is 0.820. The Morgan fingerprint density at radius 3 is 2.32 bits per heavy atom. The second kappa shape index (κ2) is 5.48. The van der Waals surface area contributed by atoms with Crippen LogP contribution in [0.25, 0.3) is 0 Å². The first-order valence-corrected chi connectivity index (χ1v) is 5.67. The fraction of sp³-hybridized carbons (Fsp3) is 0.0769. The molecule has 2 aromatic carbocycles. The lowest BCUT2D eigenvalue weighted by Crippen LogP contribution is -2.05. The lowest BCUT2D eigenvalue weighted by Gasteiger charge is -2.10. The molecule has 19 heavy (non-hydrogen) atoms. The highest BCUT2D eigenvalue weighted by molar-refractivity contribution is 6.33. The summed E-state index contributed by atoms with van der Waals surface area (Å²) in [7, 11) is 0. The minimum atomic E-state index is -0.901. The summed E-state index contributed by atoms with van der Waals surface area (Å²) in [6, 6.07) is 4.50. The van der Waals surface area contributed by atoms with Gasteiger partial charge in [-0.15, -0.1) is 0 Å². The Labute approximate surface area is 111 Å². The number of hydrogen-bond donors (Lipinski definition) is 1. The van der Waals surface area contributed by atoms with E-state index in [9.17, 15) is 17.6 Å². The average Bonchev–Trinajstić information content (AvgIpc) is 2.32. The summed E-state index contributed by atoms with van der Waals surface area (Å²) in [5.74, 6) is -2.96. The van der Waals surface area contributed by atoms with Crippen molar-refractivity contribution in [2.75, 3.05) is 5.32 Å². The van der Waals surface area contributed by atoms with Gasteiger partial charge < -0.3 is 5.32 Å². The normalized spacial score (nSPS) is 10.6. The summed E-state index contributed by atoms with van der Waals surface area (Å²) < 4.78 is 52.6. The van der Waals surface area contributed by atoms with Crippen molar-refractivity contribution in [1.82, 2.24) is 0 Å². The first kappa shape index (κ1) is 13.7. The Hall–Kier alpha value is -1.75. The molecule has 0 heterocycles. The minimum absolute atomic E-state index is 0.0137. The van der Waals surface area contributed by atoms with Gasteiger partial charge in [-0.25, -0.2) is 17.6 Å². The standard InChI is InChI=1S/C13H8ClF4N/c14-10-4-9(16)5-12(18)13(10)19-6-7-3-8(15)1-2-11(7)17/h1-5,19H,6H2. The molecule has 1 nitrogen and oxygen atoms in total. The van der Waals surface area contributed by atoms with Gasteiger partial charge in [0, 0.05) is 18.2 Å². The molecule has 0 aromatic heterocycles. The van der Waals surface area contributed by atoms with Crippen LogP contribution in [-0.2, 0) is 6.54 Å². The van der Waals surface area contributed by atoms with Gasteiger partial charge in [0.2, 0.25) is 0 Å². The van der Waals surface area contributed by atoms with E-state index >= 15 is 0 Å². The molecule has 0 unspecified atom stereocenters. The van der Waals surface area contributed by atoms with Gasteiger partial charge in [0.15, 0.2) is 5.82 Å². The fourth-order valence-corrected chi connectivity index (χ4v) is 1.83. The van der Waals surface area contributed by atoms with E-state index in [1.807, 2.05) is 0 Å². The Balaban J connectivity index is 2.21. The highest BCUT2D eigenvalue weighted by atomic mass is 35.5. The molecule has 0 aliphatic heterocycles. The van der Waals surface area contributed by atoms with Crippen LogP contribution >= 0.6 is 11.6 Å². The number of nitrogens with one attached hydrogen (secondary N) is 1. The SMILES string of the molecule is Fc1cc(F)c(NCc2cc(F)ccc2F)c(Cl)c1. The molecule has 0 bridgehead atoms. The maximum atomic E-state index is 13.4. The van der Waals surface area contributed by atoms with Crippen molar-refractivity contribution in [2.45, 2.75) is 6.54 Å². The van der Waals surface area contributed by atoms with Crippen LogP contribution in [-0.4, -0.2) is 0 Å². The molecule has 2 rings (SSSR count). The number of benzene rings is 2. The molecule has 0 aliphatic carbocycles. The Kier molecular flexibility index (Phi) is 3.95. The molecule has 0 fully saturated rings. The van der Waals surface area contributed by atoms with Crippen molar-refractivity contribution in [3.63, 3.8) is 0 Å². The van der Waals surface area contributed by atoms with Crippen LogP contribution < -0.4 is 5.32 Å². The first-order valence-electron chi connectivity index (χ1n) is 5.29. The van der Waals surface area contributed by atoms with Crippen LogP contribution in [0.1, 0.15) is 5.56 Å². The molecule has 0 saturated heterocycles. The number of halogens is 5. The van der Waals surface area contributed by atoms with Gasteiger partial charge in [-0.2, -0.15) is 0 Å². The molecule has 0 amide bonds. The van der Waals surface area contributed by atoms with Crippen molar-refractivity contribution < 1.29 is 17.6 Å². The molecule has 6 heteroatoms. The van der Waals surface area contributed by atoms with Crippen molar-refractivity contribution in [3.8, 4) is 0 Å². The smallest absolute Gasteiger partial charge is 0.150 e. The molecule has 0 aliphatic rings. The third kappa shape index (κ3) is 3.17. The Bertz CT molecular complexity index is 593. The van der Waals surface area contributed by atoms with Crippen LogP contribution in [0.15, 0.2) is 30.3 Å². The van der Waals surface area contributed by atoms with E-state index in [-0.39, 0.29) is 22.8 Å². The van der Waals surface area contributed by atoms with Crippen LogP contribution in [0, 0.1) is 23.3 Å². The van der Waals surface area contributed by atoms with E-state index in [4.69, 9.17) is 11.6 Å². The highest BCUT2D eigenvalue weighted by Crippen LogP contribution is 2.27. The van der Waals surface area contributed by atoms with Gasteiger partial charge >= 0.3 is 0 Å². The van der Waals surface area contributed by atoms with Crippen LogP contribution in [0.3, 0.4) is 0 Å². The zero-order valence-electron chi connectivity index (χ0n) is 9.48. The summed E-state index contributed by atoms with van der Waals surface area (Å²) in [5.41, 5.74) is -0.147. The molecule has 0 radical (unpaired) electrons. The lowest BCUT2D eigenvalue weighted by atomic mass is 10.2. The number of hydrogen-bond acceptors (Lipinski definition) is 1. The topological polar surface area (TPSA) is 12.0 Å². The highest BCUT2D eigenvalue weighted by Gasteiger charge is 2.11. The summed E-state index contributed by atoms with van der Waals surface area (Å²) in [4.78, 5) is 0. The van der Waals surface area contributed by atoms with Crippen LogP contribution in [0.4, 0.5) is 23.2 Å². The van der Waals surface area contributed by atoms with Crippen LogP contribution in [0.2, 0.25) is 5.02 Å². The third-order valence-electron chi connectivity index (χ3n) is 2.47. The van der Waals surface area contributed by atoms with E-state index in [1.54, 1.807) is 0 Å². The molecular formula is C13H8ClF4N. The molecular weight excluding hydrogens is 282 g/mol. The van der Waals surface area contributed by atoms with Gasteiger partial charge in [0.05, 0.1) is 10.7 Å². The maximum Gasteiger partial charge on any atom is 0.150 e. The summed E-state index contributed by atoms with van der Waals surface area (Å²) in [6.45, 7) is -0.175. The van der Waals surface area contributed by atoms with E-state index in [1.165, 1.54) is 0 Å². The number of anilines is 1. The van der Waals surface area contributed by atoms with Crippen molar-refractivity contribution in [3.05, 3.63) is 64.2 Å². The predicted octanol–water partition coefficient (Wildman–Crippen LogP) is 4.51. The van der Waals surface area contributed by atoms with E-state index in [0.29, 0.717) is 6.07 Å². The van der Waals surface area contributed by atoms with E-state index < -0.39 is 23.3 Å². The summed E-state index contributed by atoms with van der Waals surface area (Å²) in [5, 5.41) is 2.34. The van der Waals surface area contributed by atoms with Gasteiger partial charge in [-0.1, -0.05) is 11.6 Å². The number of rotatable bonds is 3. The van der Waals surface area contributed by atoms with Crippen LogP contribution in [0.5, 0.6) is 0 Å². The molecule has 0 atom stereocenters. The molecule has 0 saturated carbocycles. The Morgan fingerprint density at radius 2 is 1.63 bits per heavy atom. The van der Waals surface area contributed by atoms with E-state index in [0.717, 1.165) is 24.3 Å². The molecule has 2 aromatic rings. The van der Waals surface area contributed by atoms with Gasteiger partial charge in [0.1, 0.15) is 17.5 Å². The zero-order chi connectivity index (χ0) is 14.0. The fourth-order valence-electron chi connectivity index (χ4n) is 1.57. The second-order valence-corrected chi connectivity index (χ2v) is 4.24. The summed E-state index contributed by atoms with van der Waals surface area (Å²) >= 11 is 5.66. The lowest BCUT2D eigenvalue weighted by molar-refractivity contribution is 0.581. The Morgan fingerprint density at radius 1 is 0.895 bits per heavy atom. The molecule has 100 valence electrons. The van der Waals surface area contributed by atoms with Gasteiger partial charge in [-0.3, -0.25) is 0 Å². The third-order valence-corrected chi connectivity index (χ3v) is 2.77. The summed E-state index contributed by atoms with van der Waals surface area (Å²) in [6.07, 6.45) is 0. The van der Waals surface area contributed by atoms with Crippen molar-refractivity contribution in [2.24, 2.45) is 0 Å².